The van der Waals surface area contributed by atoms with Gasteiger partial charge in [0, 0.05) is 22.2 Å². The van der Waals surface area contributed by atoms with Crippen LogP contribution in [0.4, 0.5) is 13.2 Å². The molecular weight excluding hydrogens is 337 g/mol. The minimum Gasteiger partial charge on any atom is -0.318 e. The van der Waals surface area contributed by atoms with Crippen molar-refractivity contribution < 1.29 is 13.2 Å². The molecule has 1 N–H and O–H groups in total. The van der Waals surface area contributed by atoms with Gasteiger partial charge in [-0.3, -0.25) is 4.79 Å². The number of alkyl halides is 3. The van der Waals surface area contributed by atoms with Crippen molar-refractivity contribution in [2.45, 2.75) is 6.18 Å². The lowest BCUT2D eigenvalue weighted by atomic mass is 10.0. The minimum atomic E-state index is -4.74. The van der Waals surface area contributed by atoms with Gasteiger partial charge in [-0.15, -0.1) is 0 Å². The largest absolute Gasteiger partial charge is 0.431 e. The highest BCUT2D eigenvalue weighted by Gasteiger charge is 2.35. The molecule has 0 saturated heterocycles. The second-order valence-electron chi connectivity index (χ2n) is 3.86. The number of halogens is 6. The van der Waals surface area contributed by atoms with Crippen LogP contribution in [-0.4, -0.2) is 4.98 Å². The van der Waals surface area contributed by atoms with Crippen molar-refractivity contribution in [2.24, 2.45) is 0 Å². The van der Waals surface area contributed by atoms with Gasteiger partial charge in [-0.05, 0) is 18.2 Å². The lowest BCUT2D eigenvalue weighted by Gasteiger charge is -2.14. The Hall–Kier alpha value is -1.17. The van der Waals surface area contributed by atoms with Crippen LogP contribution in [0.3, 0.4) is 0 Å². The molecule has 1 aromatic heterocycles. The molecule has 0 aliphatic rings. The van der Waals surface area contributed by atoms with Gasteiger partial charge < -0.3 is 4.98 Å². The molecule has 0 amide bonds. The molecule has 0 aliphatic carbocycles. The first-order valence-corrected chi connectivity index (χ1v) is 6.29. The fourth-order valence-corrected chi connectivity index (χ4v) is 2.38. The van der Waals surface area contributed by atoms with Crippen LogP contribution in [0, 0.1) is 0 Å². The molecule has 0 unspecified atom stereocenters. The van der Waals surface area contributed by atoms with Crippen molar-refractivity contribution in [2.75, 3.05) is 0 Å². The molecule has 20 heavy (non-hydrogen) atoms. The molecular formula is C12H5Cl3F3NO. The molecule has 1 aromatic carbocycles. The average Bonchev–Trinajstić information content (AvgIpc) is 2.33. The number of hydrogen-bond donors (Lipinski definition) is 1. The number of H-pyrrole nitrogens is 1. The van der Waals surface area contributed by atoms with Crippen molar-refractivity contribution in [3.8, 4) is 11.1 Å². The first-order valence-electron chi connectivity index (χ1n) is 5.15. The quantitative estimate of drug-likeness (QED) is 0.725. The summed E-state index contributed by atoms with van der Waals surface area (Å²) in [5.41, 5.74) is -2.38. The van der Waals surface area contributed by atoms with Gasteiger partial charge in [0.1, 0.15) is 5.69 Å². The summed E-state index contributed by atoms with van der Waals surface area (Å²) in [4.78, 5) is 12.9. The standard InChI is InChI=1S/C12H5Cl3F3NO/c13-5-3-7(10(15)8(14)4-5)6-1-2-9(20)19-11(6)12(16,17)18/h1-4H,(H,19,20). The van der Waals surface area contributed by atoms with Crippen molar-refractivity contribution >= 4 is 34.8 Å². The zero-order valence-electron chi connectivity index (χ0n) is 9.49. The maximum Gasteiger partial charge on any atom is 0.431 e. The Kier molecular flexibility index (Phi) is 4.04. The van der Waals surface area contributed by atoms with Gasteiger partial charge in [0.25, 0.3) is 0 Å². The third-order valence-corrected chi connectivity index (χ3v) is 3.51. The number of pyridine rings is 1. The fourth-order valence-electron chi connectivity index (χ4n) is 1.67. The molecule has 0 bridgehead atoms. The number of rotatable bonds is 1. The number of aromatic nitrogens is 1. The van der Waals surface area contributed by atoms with E-state index in [2.05, 4.69) is 0 Å². The first kappa shape index (κ1) is 15.2. The lowest BCUT2D eigenvalue weighted by Crippen LogP contribution is -2.17. The van der Waals surface area contributed by atoms with Crippen LogP contribution in [-0.2, 0) is 6.18 Å². The van der Waals surface area contributed by atoms with Gasteiger partial charge in [-0.25, -0.2) is 0 Å². The summed E-state index contributed by atoms with van der Waals surface area (Å²) in [6, 6.07) is 4.55. The zero-order chi connectivity index (χ0) is 15.1. The van der Waals surface area contributed by atoms with Gasteiger partial charge in [0.15, 0.2) is 0 Å². The minimum absolute atomic E-state index is 0.00672. The third-order valence-electron chi connectivity index (χ3n) is 2.49. The highest BCUT2D eigenvalue weighted by Crippen LogP contribution is 2.41. The van der Waals surface area contributed by atoms with E-state index in [-0.39, 0.29) is 26.2 Å². The summed E-state index contributed by atoms with van der Waals surface area (Å²) in [5.74, 6) is 0. The summed E-state index contributed by atoms with van der Waals surface area (Å²) in [6.45, 7) is 0. The summed E-state index contributed by atoms with van der Waals surface area (Å²) < 4.78 is 38.9. The predicted octanol–water partition coefficient (Wildman–Crippen LogP) is 5.02. The number of aromatic amines is 1. The smallest absolute Gasteiger partial charge is 0.318 e. The Bertz CT molecular complexity index is 725. The van der Waals surface area contributed by atoms with Gasteiger partial charge in [0.05, 0.1) is 10.0 Å². The molecule has 0 radical (unpaired) electrons. The topological polar surface area (TPSA) is 32.9 Å². The normalized spacial score (nSPS) is 11.7. The SMILES string of the molecule is O=c1ccc(-c2cc(Cl)cc(Cl)c2Cl)c(C(F)(F)F)[nH]1. The molecule has 1 heterocycles. The van der Waals surface area contributed by atoms with Gasteiger partial charge in [0.2, 0.25) is 5.56 Å². The molecule has 0 fully saturated rings. The summed E-state index contributed by atoms with van der Waals surface area (Å²) in [7, 11) is 0. The highest BCUT2D eigenvalue weighted by atomic mass is 35.5. The molecule has 2 aromatic rings. The van der Waals surface area contributed by atoms with E-state index in [0.29, 0.717) is 0 Å². The second-order valence-corrected chi connectivity index (χ2v) is 5.08. The number of nitrogens with one attached hydrogen (secondary N) is 1. The monoisotopic (exact) mass is 341 g/mol. The lowest BCUT2D eigenvalue weighted by molar-refractivity contribution is -0.140. The van der Waals surface area contributed by atoms with E-state index < -0.39 is 17.4 Å². The van der Waals surface area contributed by atoms with Crippen molar-refractivity contribution in [3.63, 3.8) is 0 Å². The maximum atomic E-state index is 13.0. The molecule has 2 nitrogen and oxygen atoms in total. The Balaban J connectivity index is 2.80. The number of hydrogen-bond acceptors (Lipinski definition) is 1. The Morgan fingerprint density at radius 3 is 2.25 bits per heavy atom. The summed E-state index contributed by atoms with van der Waals surface area (Å²) in [6.07, 6.45) is -4.74. The van der Waals surface area contributed by atoms with Crippen LogP contribution in [0.1, 0.15) is 5.69 Å². The zero-order valence-corrected chi connectivity index (χ0v) is 11.8. The molecule has 106 valence electrons. The van der Waals surface area contributed by atoms with Crippen LogP contribution in [0.15, 0.2) is 29.1 Å². The molecule has 0 aliphatic heterocycles. The number of benzene rings is 1. The maximum absolute atomic E-state index is 13.0. The van der Waals surface area contributed by atoms with E-state index in [0.717, 1.165) is 12.1 Å². The Morgan fingerprint density at radius 1 is 1.00 bits per heavy atom. The van der Waals surface area contributed by atoms with Gasteiger partial charge in [-0.1, -0.05) is 34.8 Å². The average molecular weight is 343 g/mol. The van der Waals surface area contributed by atoms with Crippen molar-refractivity contribution in [1.29, 1.82) is 0 Å². The molecule has 8 heteroatoms. The van der Waals surface area contributed by atoms with E-state index in [1.54, 1.807) is 4.98 Å². The van der Waals surface area contributed by atoms with E-state index >= 15 is 0 Å². The first-order chi connectivity index (χ1) is 9.20. The second kappa shape index (κ2) is 5.31. The van der Waals surface area contributed by atoms with E-state index in [9.17, 15) is 18.0 Å². The van der Waals surface area contributed by atoms with Crippen LogP contribution in [0.5, 0.6) is 0 Å². The van der Waals surface area contributed by atoms with E-state index in [1.807, 2.05) is 0 Å². The molecule has 0 atom stereocenters. The predicted molar refractivity (Wildman–Crippen MR) is 72.5 cm³/mol. The van der Waals surface area contributed by atoms with Crippen LogP contribution in [0.25, 0.3) is 11.1 Å². The van der Waals surface area contributed by atoms with Gasteiger partial charge in [-0.2, -0.15) is 13.2 Å². The van der Waals surface area contributed by atoms with Crippen LogP contribution >= 0.6 is 34.8 Å². The third kappa shape index (κ3) is 2.95. The van der Waals surface area contributed by atoms with Gasteiger partial charge >= 0.3 is 6.18 Å². The fraction of sp³-hybridized carbons (Fsp3) is 0.0833. The van der Waals surface area contributed by atoms with Crippen molar-refractivity contribution in [3.05, 3.63) is 55.4 Å². The molecule has 2 rings (SSSR count). The van der Waals surface area contributed by atoms with E-state index in [1.165, 1.54) is 12.1 Å². The summed E-state index contributed by atoms with van der Waals surface area (Å²) in [5, 5.41) is 0.0795. The highest BCUT2D eigenvalue weighted by molar-refractivity contribution is 6.45. The molecule has 0 saturated carbocycles. The summed E-state index contributed by atoms with van der Waals surface area (Å²) >= 11 is 17.5. The Labute approximate surface area is 126 Å². The van der Waals surface area contributed by atoms with E-state index in [4.69, 9.17) is 34.8 Å². The Morgan fingerprint density at radius 2 is 1.65 bits per heavy atom. The van der Waals surface area contributed by atoms with Crippen LogP contribution < -0.4 is 5.56 Å². The molecule has 0 spiro atoms. The van der Waals surface area contributed by atoms with Crippen molar-refractivity contribution in [1.82, 2.24) is 4.98 Å². The van der Waals surface area contributed by atoms with Crippen LogP contribution in [0.2, 0.25) is 15.1 Å².